The van der Waals surface area contributed by atoms with Crippen LogP contribution in [0.1, 0.15) is 25.3 Å². The van der Waals surface area contributed by atoms with Crippen LogP contribution in [0.5, 0.6) is 0 Å². The van der Waals surface area contributed by atoms with Crippen molar-refractivity contribution in [2.24, 2.45) is 0 Å². The van der Waals surface area contributed by atoms with Crippen LogP contribution in [0.4, 0.5) is 8.78 Å². The molecule has 106 valence electrons. The molecule has 1 N–H and O–H groups in total. The summed E-state index contributed by atoms with van der Waals surface area (Å²) in [6.07, 6.45) is 1.97. The monoisotopic (exact) mass is 332 g/mol. The lowest BCUT2D eigenvalue weighted by molar-refractivity contribution is 0.143. The highest BCUT2D eigenvalue weighted by Gasteiger charge is 2.29. The zero-order valence-electron chi connectivity index (χ0n) is 11.3. The second kappa shape index (κ2) is 5.85. The first-order chi connectivity index (χ1) is 8.95. The van der Waals surface area contributed by atoms with Crippen molar-refractivity contribution >= 4 is 15.9 Å². The Morgan fingerprint density at radius 1 is 1.32 bits per heavy atom. The van der Waals surface area contributed by atoms with Crippen LogP contribution in [0.3, 0.4) is 0 Å². The Kier molecular flexibility index (Phi) is 4.58. The van der Waals surface area contributed by atoms with Gasteiger partial charge in [-0.1, -0.05) is 0 Å². The average molecular weight is 333 g/mol. The molecule has 2 rings (SSSR count). The number of halogens is 3. The van der Waals surface area contributed by atoms with Crippen LogP contribution in [0.25, 0.3) is 0 Å². The molecule has 1 aliphatic rings. The van der Waals surface area contributed by atoms with Gasteiger partial charge in [-0.25, -0.2) is 8.78 Å². The Morgan fingerprint density at radius 2 is 1.95 bits per heavy atom. The molecule has 0 bridgehead atoms. The van der Waals surface area contributed by atoms with Crippen molar-refractivity contribution in [1.29, 1.82) is 0 Å². The molecular weight excluding hydrogens is 314 g/mol. The Labute approximate surface area is 121 Å². The van der Waals surface area contributed by atoms with Crippen LogP contribution in [0.15, 0.2) is 16.6 Å². The number of nitrogens with one attached hydrogen (secondary N) is 1. The van der Waals surface area contributed by atoms with Gasteiger partial charge in [0.25, 0.3) is 0 Å². The number of hydrogen-bond donors (Lipinski definition) is 1. The third-order valence-corrected chi connectivity index (χ3v) is 4.70. The van der Waals surface area contributed by atoms with Crippen LogP contribution in [0.2, 0.25) is 0 Å². The van der Waals surface area contributed by atoms with Gasteiger partial charge in [-0.05, 0) is 54.9 Å². The van der Waals surface area contributed by atoms with E-state index in [4.69, 9.17) is 0 Å². The highest BCUT2D eigenvalue weighted by Crippen LogP contribution is 2.26. The predicted molar refractivity (Wildman–Crippen MR) is 76.0 cm³/mol. The van der Waals surface area contributed by atoms with Crippen LogP contribution in [-0.4, -0.2) is 30.6 Å². The molecule has 0 aliphatic carbocycles. The van der Waals surface area contributed by atoms with Crippen molar-refractivity contribution in [3.63, 3.8) is 0 Å². The van der Waals surface area contributed by atoms with E-state index in [0.717, 1.165) is 25.9 Å². The van der Waals surface area contributed by atoms with Gasteiger partial charge in [0.05, 0.1) is 4.47 Å². The van der Waals surface area contributed by atoms with Gasteiger partial charge >= 0.3 is 0 Å². The van der Waals surface area contributed by atoms with Crippen LogP contribution in [-0.2, 0) is 6.54 Å². The van der Waals surface area contributed by atoms with E-state index in [0.29, 0.717) is 11.0 Å². The zero-order chi connectivity index (χ0) is 14.0. The summed E-state index contributed by atoms with van der Waals surface area (Å²) in [6.45, 7) is 4.22. The van der Waals surface area contributed by atoms with Gasteiger partial charge in [0.15, 0.2) is 0 Å². The van der Waals surface area contributed by atoms with Gasteiger partial charge < -0.3 is 5.32 Å². The summed E-state index contributed by atoms with van der Waals surface area (Å²) >= 11 is 3.10. The third-order valence-electron chi connectivity index (χ3n) is 4.08. The molecule has 0 unspecified atom stereocenters. The average Bonchev–Trinajstić information content (AvgIpc) is 2.41. The minimum atomic E-state index is -0.484. The van der Waals surface area contributed by atoms with Gasteiger partial charge in [-0.3, -0.25) is 4.90 Å². The largest absolute Gasteiger partial charge is 0.314 e. The molecule has 1 aromatic carbocycles. The zero-order valence-corrected chi connectivity index (χ0v) is 12.9. The fraction of sp³-hybridized carbons (Fsp3) is 0.571. The number of hydrogen-bond acceptors (Lipinski definition) is 2. The molecule has 0 radical (unpaired) electrons. The number of benzene rings is 1. The summed E-state index contributed by atoms with van der Waals surface area (Å²) in [5.41, 5.74) is 0.299. The third kappa shape index (κ3) is 3.33. The lowest BCUT2D eigenvalue weighted by atomic mass is 9.90. The molecule has 0 amide bonds. The van der Waals surface area contributed by atoms with Gasteiger partial charge in [0.2, 0.25) is 0 Å². The minimum Gasteiger partial charge on any atom is -0.314 e. The molecule has 1 heterocycles. The summed E-state index contributed by atoms with van der Waals surface area (Å²) < 4.78 is 27.9. The first-order valence-corrected chi connectivity index (χ1v) is 7.28. The Bertz CT molecular complexity index is 457. The number of nitrogens with zero attached hydrogens (tertiary/aromatic N) is 1. The lowest BCUT2D eigenvalue weighted by Crippen LogP contribution is -2.49. The second-order valence-electron chi connectivity index (χ2n) is 5.41. The minimum absolute atomic E-state index is 0.144. The summed E-state index contributed by atoms with van der Waals surface area (Å²) in [5, 5.41) is 3.31. The topological polar surface area (TPSA) is 15.3 Å². The smallest absolute Gasteiger partial charge is 0.144 e. The standard InChI is InChI=1S/C14H19BrF2N2/c1-14(18-2)5-7-19(8-6-14)9-10-12(16)4-3-11(15)13(10)17/h3-4,18H,5-9H2,1-2H3. The maximum Gasteiger partial charge on any atom is 0.144 e. The molecule has 0 aromatic heterocycles. The Balaban J connectivity index is 2.06. The summed E-state index contributed by atoms with van der Waals surface area (Å²) in [4.78, 5) is 2.10. The normalized spacial score (nSPS) is 19.6. The molecule has 5 heteroatoms. The molecule has 1 aliphatic heterocycles. The van der Waals surface area contributed by atoms with Crippen molar-refractivity contribution in [1.82, 2.24) is 10.2 Å². The van der Waals surface area contributed by atoms with Crippen molar-refractivity contribution in [2.75, 3.05) is 20.1 Å². The lowest BCUT2D eigenvalue weighted by Gasteiger charge is -2.39. The molecular formula is C14H19BrF2N2. The van der Waals surface area contributed by atoms with Gasteiger partial charge in [-0.15, -0.1) is 0 Å². The number of rotatable bonds is 3. The van der Waals surface area contributed by atoms with E-state index in [9.17, 15) is 8.78 Å². The Morgan fingerprint density at radius 3 is 2.53 bits per heavy atom. The molecule has 1 aromatic rings. The summed E-state index contributed by atoms with van der Waals surface area (Å²) in [6, 6.07) is 2.71. The second-order valence-corrected chi connectivity index (χ2v) is 6.26. The number of likely N-dealkylation sites (tertiary alicyclic amines) is 1. The van der Waals surface area contributed by atoms with Crippen LogP contribution < -0.4 is 5.32 Å². The van der Waals surface area contributed by atoms with E-state index < -0.39 is 11.6 Å². The molecule has 0 atom stereocenters. The molecule has 1 saturated heterocycles. The SMILES string of the molecule is CNC1(C)CCN(Cc2c(F)ccc(Br)c2F)CC1. The first kappa shape index (κ1) is 14.9. The van der Waals surface area contributed by atoms with E-state index in [2.05, 4.69) is 33.1 Å². The van der Waals surface area contributed by atoms with E-state index in [-0.39, 0.29) is 11.1 Å². The molecule has 1 fully saturated rings. The van der Waals surface area contributed by atoms with E-state index >= 15 is 0 Å². The van der Waals surface area contributed by atoms with Gasteiger partial charge in [-0.2, -0.15) is 0 Å². The molecule has 19 heavy (non-hydrogen) atoms. The van der Waals surface area contributed by atoms with Gasteiger partial charge in [0, 0.05) is 30.7 Å². The van der Waals surface area contributed by atoms with E-state index in [1.807, 2.05) is 7.05 Å². The van der Waals surface area contributed by atoms with Crippen LogP contribution in [0, 0.1) is 11.6 Å². The predicted octanol–water partition coefficient (Wildman–Crippen LogP) is 3.30. The highest BCUT2D eigenvalue weighted by molar-refractivity contribution is 9.10. The molecule has 0 saturated carbocycles. The summed E-state index contributed by atoms with van der Waals surface area (Å²) in [5.74, 6) is -0.954. The highest BCUT2D eigenvalue weighted by atomic mass is 79.9. The molecule has 0 spiro atoms. The Hall–Kier alpha value is -0.520. The fourth-order valence-corrected chi connectivity index (χ4v) is 2.76. The number of piperidine rings is 1. The van der Waals surface area contributed by atoms with E-state index in [1.54, 1.807) is 0 Å². The molecule has 2 nitrogen and oxygen atoms in total. The van der Waals surface area contributed by atoms with E-state index in [1.165, 1.54) is 12.1 Å². The van der Waals surface area contributed by atoms with Crippen molar-refractivity contribution in [2.45, 2.75) is 31.8 Å². The van der Waals surface area contributed by atoms with Crippen LogP contribution >= 0.6 is 15.9 Å². The van der Waals surface area contributed by atoms with Crippen molar-refractivity contribution in [3.8, 4) is 0 Å². The van der Waals surface area contributed by atoms with Crippen molar-refractivity contribution in [3.05, 3.63) is 33.8 Å². The fourth-order valence-electron chi connectivity index (χ4n) is 2.39. The van der Waals surface area contributed by atoms with Crippen molar-refractivity contribution < 1.29 is 8.78 Å². The maximum atomic E-state index is 13.9. The first-order valence-electron chi connectivity index (χ1n) is 6.49. The maximum absolute atomic E-state index is 13.9. The summed E-state index contributed by atoms with van der Waals surface area (Å²) in [7, 11) is 1.96. The quantitative estimate of drug-likeness (QED) is 0.854. The van der Waals surface area contributed by atoms with Gasteiger partial charge in [0.1, 0.15) is 11.6 Å².